The molecule has 3 fully saturated rings. The molecule has 3 aliphatic rings. The lowest BCUT2D eigenvalue weighted by atomic mass is 9.72. The predicted octanol–water partition coefficient (Wildman–Crippen LogP) is 11.2. The molecule has 0 bridgehead atoms. The zero-order chi connectivity index (χ0) is 23.5. The van der Waals surface area contributed by atoms with E-state index >= 15 is 0 Å². The Bertz CT molecular complexity index is 390. The average molecular weight is 435 g/mol. The highest BCUT2D eigenvalue weighted by molar-refractivity contribution is 4.78. The van der Waals surface area contributed by atoms with E-state index in [9.17, 15) is 0 Å². The van der Waals surface area contributed by atoms with Gasteiger partial charge in [0.1, 0.15) is 0 Å². The lowest BCUT2D eigenvalue weighted by Crippen LogP contribution is -2.22. The van der Waals surface area contributed by atoms with Crippen molar-refractivity contribution in [1.82, 2.24) is 0 Å². The van der Waals surface area contributed by atoms with Gasteiger partial charge in [-0.2, -0.15) is 0 Å². The molecule has 0 spiro atoms. The molecule has 0 heterocycles. The summed E-state index contributed by atoms with van der Waals surface area (Å²) in [4.78, 5) is 0. The zero-order valence-corrected chi connectivity index (χ0v) is 23.5. The predicted molar refractivity (Wildman–Crippen MR) is 143 cm³/mol. The summed E-state index contributed by atoms with van der Waals surface area (Å²) in [5.74, 6) is 2.99. The summed E-state index contributed by atoms with van der Waals surface area (Å²) >= 11 is 0. The molecule has 0 aromatic rings. The fourth-order valence-electron chi connectivity index (χ4n) is 6.08. The Morgan fingerprint density at radius 3 is 0.613 bits per heavy atom. The maximum Gasteiger partial charge on any atom is -0.0354 e. The van der Waals surface area contributed by atoms with Crippen molar-refractivity contribution in [3.05, 3.63) is 0 Å². The van der Waals surface area contributed by atoms with E-state index in [0.29, 0.717) is 16.2 Å². The average Bonchev–Trinajstić information content (AvgIpc) is 2.99. The van der Waals surface area contributed by atoms with Gasteiger partial charge < -0.3 is 0 Å². The van der Waals surface area contributed by atoms with Gasteiger partial charge in [-0.25, -0.2) is 0 Å². The summed E-state index contributed by atoms with van der Waals surface area (Å²) in [6, 6.07) is 0. The Balaban J connectivity index is 0.000000233. The Hall–Kier alpha value is 0. The fraction of sp³-hybridized carbons (Fsp3) is 1.00. The summed E-state index contributed by atoms with van der Waals surface area (Å²) in [5, 5.41) is 0. The maximum absolute atomic E-state index is 2.39. The molecule has 0 aliphatic heterocycles. The Kier molecular flexibility index (Phi) is 12.8. The molecular formula is C31H62. The van der Waals surface area contributed by atoms with Crippen LogP contribution in [-0.4, -0.2) is 0 Å². The van der Waals surface area contributed by atoms with E-state index in [4.69, 9.17) is 0 Å². The molecule has 0 aromatic carbocycles. The van der Waals surface area contributed by atoms with Gasteiger partial charge in [-0.15, -0.1) is 0 Å². The number of rotatable bonds is 0. The topological polar surface area (TPSA) is 0 Å². The van der Waals surface area contributed by atoms with E-state index in [1.54, 1.807) is 0 Å². The van der Waals surface area contributed by atoms with Gasteiger partial charge in [0, 0.05) is 0 Å². The Labute approximate surface area is 199 Å². The molecule has 3 saturated carbocycles. The van der Waals surface area contributed by atoms with Crippen molar-refractivity contribution in [3.63, 3.8) is 0 Å². The molecule has 0 aromatic heterocycles. The van der Waals surface area contributed by atoms with Crippen molar-refractivity contribution in [3.8, 4) is 0 Å². The summed E-state index contributed by atoms with van der Waals surface area (Å²) in [6.07, 6.45) is 23.6. The first-order chi connectivity index (χ1) is 14.3. The number of hydrogen-bond acceptors (Lipinski definition) is 0. The summed E-state index contributed by atoms with van der Waals surface area (Å²) < 4.78 is 0. The van der Waals surface area contributed by atoms with Crippen LogP contribution >= 0.6 is 0 Å². The molecule has 0 nitrogen and oxygen atoms in total. The van der Waals surface area contributed by atoms with Crippen molar-refractivity contribution in [2.45, 2.75) is 165 Å². The van der Waals surface area contributed by atoms with E-state index in [-0.39, 0.29) is 0 Å². The Morgan fingerprint density at radius 1 is 0.290 bits per heavy atom. The third-order valence-electron chi connectivity index (χ3n) is 8.74. The third-order valence-corrected chi connectivity index (χ3v) is 8.74. The van der Waals surface area contributed by atoms with Gasteiger partial charge in [-0.1, -0.05) is 127 Å². The van der Waals surface area contributed by atoms with Crippen molar-refractivity contribution in [2.75, 3.05) is 0 Å². The van der Waals surface area contributed by atoms with Crippen molar-refractivity contribution >= 4 is 0 Å². The second kappa shape index (κ2) is 13.6. The summed E-state index contributed by atoms with van der Waals surface area (Å²) in [5.41, 5.74) is 1.70. The van der Waals surface area contributed by atoms with Gasteiger partial charge in [0.2, 0.25) is 0 Å². The standard InChI is InChI=1S/C11H22.2C10H20/c1-11(2,3)10-8-6-4-5-7-9-10;2*1-10(2,3)9-7-5-4-6-8-9/h10H,4-9H2,1-3H3;2*9H,4-8H2,1-3H3. The Morgan fingerprint density at radius 2 is 0.452 bits per heavy atom. The molecule has 0 radical (unpaired) electrons. The zero-order valence-electron chi connectivity index (χ0n) is 23.5. The molecule has 0 heteroatoms. The minimum atomic E-state index is 0.560. The van der Waals surface area contributed by atoms with Crippen molar-refractivity contribution in [1.29, 1.82) is 0 Å². The third kappa shape index (κ3) is 12.7. The van der Waals surface area contributed by atoms with Crippen LogP contribution in [0.1, 0.15) is 165 Å². The van der Waals surface area contributed by atoms with Crippen molar-refractivity contribution < 1.29 is 0 Å². The van der Waals surface area contributed by atoms with Gasteiger partial charge in [-0.05, 0) is 72.5 Å². The molecule has 0 N–H and O–H groups in total. The van der Waals surface area contributed by atoms with Gasteiger partial charge in [-0.3, -0.25) is 0 Å². The maximum atomic E-state index is 2.39. The molecule has 186 valence electrons. The molecule has 3 aliphatic carbocycles. The van der Waals surface area contributed by atoms with Crippen LogP contribution in [0.3, 0.4) is 0 Å². The van der Waals surface area contributed by atoms with Crippen molar-refractivity contribution in [2.24, 2.45) is 34.0 Å². The van der Waals surface area contributed by atoms with Gasteiger partial charge in [0.25, 0.3) is 0 Å². The minimum absolute atomic E-state index is 0.560. The van der Waals surface area contributed by atoms with Crippen LogP contribution in [0.15, 0.2) is 0 Å². The van der Waals surface area contributed by atoms with E-state index in [2.05, 4.69) is 62.3 Å². The SMILES string of the molecule is CC(C)(C)C1CCCCC1.CC(C)(C)C1CCCCC1.CC(C)(C)C1CCCCCC1. The van der Waals surface area contributed by atoms with E-state index in [1.165, 1.54) is 103 Å². The normalized spacial score (nSPS) is 23.1. The highest BCUT2D eigenvalue weighted by atomic mass is 14.3. The van der Waals surface area contributed by atoms with Crippen LogP contribution in [-0.2, 0) is 0 Å². The molecule has 0 atom stereocenters. The molecule has 0 saturated heterocycles. The monoisotopic (exact) mass is 434 g/mol. The van der Waals surface area contributed by atoms with Crippen LogP contribution in [0.5, 0.6) is 0 Å². The van der Waals surface area contributed by atoms with Gasteiger partial charge in [0.15, 0.2) is 0 Å². The minimum Gasteiger partial charge on any atom is -0.0599 e. The lowest BCUT2D eigenvalue weighted by Gasteiger charge is -2.33. The highest BCUT2D eigenvalue weighted by Crippen LogP contribution is 2.38. The highest BCUT2D eigenvalue weighted by Gasteiger charge is 2.26. The number of hydrogen-bond donors (Lipinski definition) is 0. The molecule has 0 amide bonds. The van der Waals surface area contributed by atoms with Gasteiger partial charge >= 0.3 is 0 Å². The second-order valence-electron chi connectivity index (χ2n) is 14.5. The quantitative estimate of drug-likeness (QED) is 0.332. The van der Waals surface area contributed by atoms with Crippen LogP contribution in [0, 0.1) is 34.0 Å². The van der Waals surface area contributed by atoms with Crippen LogP contribution in [0.25, 0.3) is 0 Å². The van der Waals surface area contributed by atoms with E-state index in [0.717, 1.165) is 17.8 Å². The van der Waals surface area contributed by atoms with Gasteiger partial charge in [0.05, 0.1) is 0 Å². The largest absolute Gasteiger partial charge is 0.0599 e. The van der Waals surface area contributed by atoms with Crippen LogP contribution in [0.2, 0.25) is 0 Å². The smallest absolute Gasteiger partial charge is 0.0354 e. The van der Waals surface area contributed by atoms with E-state index in [1.807, 2.05) is 0 Å². The summed E-state index contributed by atoms with van der Waals surface area (Å²) in [6.45, 7) is 21.4. The molecule has 0 unspecified atom stereocenters. The molecular weight excluding hydrogens is 372 g/mol. The first-order valence-corrected chi connectivity index (χ1v) is 14.3. The van der Waals surface area contributed by atoms with Crippen LogP contribution < -0.4 is 0 Å². The van der Waals surface area contributed by atoms with Crippen LogP contribution in [0.4, 0.5) is 0 Å². The molecule has 3 rings (SSSR count). The van der Waals surface area contributed by atoms with E-state index < -0.39 is 0 Å². The first-order valence-electron chi connectivity index (χ1n) is 14.3. The fourth-order valence-corrected chi connectivity index (χ4v) is 6.08. The molecule has 31 heavy (non-hydrogen) atoms. The second-order valence-corrected chi connectivity index (χ2v) is 14.5. The summed E-state index contributed by atoms with van der Waals surface area (Å²) in [7, 11) is 0. The first kappa shape index (κ1) is 29.0. The lowest BCUT2D eigenvalue weighted by molar-refractivity contribution is 0.179.